The van der Waals surface area contributed by atoms with Gasteiger partial charge in [-0.25, -0.2) is 0 Å². The minimum Gasteiger partial charge on any atom is -0.377 e. The molecule has 1 N–H and O–H groups in total. The molecular weight excluding hydrogens is 238 g/mol. The topological polar surface area (TPSA) is 47.7 Å². The summed E-state index contributed by atoms with van der Waals surface area (Å²) in [6, 6.07) is 2.03. The molecule has 17 heavy (non-hydrogen) atoms. The molecule has 0 atom stereocenters. The average molecular weight is 256 g/mol. The van der Waals surface area contributed by atoms with Crippen molar-refractivity contribution in [3.8, 4) is 0 Å². The van der Waals surface area contributed by atoms with E-state index in [-0.39, 0.29) is 12.4 Å². The maximum absolute atomic E-state index is 4.29. The number of nitrogens with zero attached hydrogens (tertiary/aromatic N) is 4. The van der Waals surface area contributed by atoms with Gasteiger partial charge in [-0.3, -0.25) is 9.36 Å². The standard InChI is InChI=1S/C11H17N5.ClH/c1-4-16-10(5-6-13-16)7-12-11-8-15(3)14-9(11)2;/h5-6,8,12H,4,7H2,1-3H3;1H. The third kappa shape index (κ3) is 3.00. The van der Waals surface area contributed by atoms with E-state index in [4.69, 9.17) is 0 Å². The average Bonchev–Trinajstić information content (AvgIpc) is 2.81. The summed E-state index contributed by atoms with van der Waals surface area (Å²) in [4.78, 5) is 0. The van der Waals surface area contributed by atoms with E-state index in [9.17, 15) is 0 Å². The largest absolute Gasteiger partial charge is 0.377 e. The summed E-state index contributed by atoms with van der Waals surface area (Å²) in [6.07, 6.45) is 3.82. The third-order valence-electron chi connectivity index (χ3n) is 2.58. The number of anilines is 1. The number of aryl methyl sites for hydroxylation is 3. The van der Waals surface area contributed by atoms with Gasteiger partial charge in [-0.2, -0.15) is 10.2 Å². The third-order valence-corrected chi connectivity index (χ3v) is 2.58. The summed E-state index contributed by atoms with van der Waals surface area (Å²) in [5.74, 6) is 0. The monoisotopic (exact) mass is 255 g/mol. The van der Waals surface area contributed by atoms with Crippen molar-refractivity contribution in [1.82, 2.24) is 19.6 Å². The Balaban J connectivity index is 0.00000144. The maximum Gasteiger partial charge on any atom is 0.0825 e. The Labute approximate surface area is 107 Å². The van der Waals surface area contributed by atoms with E-state index < -0.39 is 0 Å². The molecule has 2 heterocycles. The predicted molar refractivity (Wildman–Crippen MR) is 70.4 cm³/mol. The maximum atomic E-state index is 4.29. The summed E-state index contributed by atoms with van der Waals surface area (Å²) >= 11 is 0. The normalized spacial score (nSPS) is 10.1. The lowest BCUT2D eigenvalue weighted by molar-refractivity contribution is 0.627. The van der Waals surface area contributed by atoms with Crippen molar-refractivity contribution in [2.24, 2.45) is 7.05 Å². The van der Waals surface area contributed by atoms with Crippen LogP contribution in [0.3, 0.4) is 0 Å². The Morgan fingerprint density at radius 3 is 2.76 bits per heavy atom. The van der Waals surface area contributed by atoms with Crippen molar-refractivity contribution in [2.45, 2.75) is 26.9 Å². The van der Waals surface area contributed by atoms with Crippen LogP contribution in [0.15, 0.2) is 18.5 Å². The van der Waals surface area contributed by atoms with Crippen LogP contribution in [0.1, 0.15) is 18.3 Å². The lowest BCUT2D eigenvalue weighted by Crippen LogP contribution is -2.07. The second-order valence-corrected chi connectivity index (χ2v) is 3.79. The molecule has 2 aromatic heterocycles. The predicted octanol–water partition coefficient (Wildman–Crippen LogP) is 1.98. The number of hydrogen-bond acceptors (Lipinski definition) is 3. The molecule has 94 valence electrons. The first-order chi connectivity index (χ1) is 7.70. The highest BCUT2D eigenvalue weighted by atomic mass is 35.5. The van der Waals surface area contributed by atoms with Crippen LogP contribution in [-0.4, -0.2) is 19.6 Å². The smallest absolute Gasteiger partial charge is 0.0825 e. The molecule has 6 heteroatoms. The fourth-order valence-electron chi connectivity index (χ4n) is 1.75. The molecule has 0 aliphatic rings. The summed E-state index contributed by atoms with van der Waals surface area (Å²) < 4.78 is 3.80. The molecule has 0 saturated carbocycles. The van der Waals surface area contributed by atoms with Crippen molar-refractivity contribution in [3.05, 3.63) is 29.8 Å². The van der Waals surface area contributed by atoms with E-state index in [1.54, 1.807) is 0 Å². The lowest BCUT2D eigenvalue weighted by Gasteiger charge is -2.06. The molecule has 0 aliphatic heterocycles. The van der Waals surface area contributed by atoms with Gasteiger partial charge in [0.2, 0.25) is 0 Å². The van der Waals surface area contributed by atoms with E-state index in [1.807, 2.05) is 41.8 Å². The summed E-state index contributed by atoms with van der Waals surface area (Å²) in [5.41, 5.74) is 3.28. The first kappa shape index (κ1) is 13.6. The number of aromatic nitrogens is 4. The van der Waals surface area contributed by atoms with Gasteiger partial charge >= 0.3 is 0 Å². The van der Waals surface area contributed by atoms with Gasteiger partial charge in [0.25, 0.3) is 0 Å². The highest BCUT2D eigenvalue weighted by Gasteiger charge is 2.04. The minimum absolute atomic E-state index is 0. The quantitative estimate of drug-likeness (QED) is 0.909. The highest BCUT2D eigenvalue weighted by molar-refractivity contribution is 5.85. The molecule has 0 aromatic carbocycles. The SMILES string of the molecule is CCn1nccc1CNc1cn(C)nc1C.Cl. The summed E-state index contributed by atoms with van der Waals surface area (Å²) in [6.45, 7) is 5.77. The van der Waals surface area contributed by atoms with Crippen LogP contribution in [0.25, 0.3) is 0 Å². The van der Waals surface area contributed by atoms with Crippen LogP contribution >= 0.6 is 12.4 Å². The van der Waals surface area contributed by atoms with Crippen LogP contribution in [0.4, 0.5) is 5.69 Å². The molecule has 0 saturated heterocycles. The van der Waals surface area contributed by atoms with E-state index in [2.05, 4.69) is 22.4 Å². The fourth-order valence-corrected chi connectivity index (χ4v) is 1.75. The van der Waals surface area contributed by atoms with Crippen LogP contribution in [-0.2, 0) is 20.1 Å². The fraction of sp³-hybridized carbons (Fsp3) is 0.455. The number of halogens is 1. The van der Waals surface area contributed by atoms with Gasteiger partial charge in [-0.05, 0) is 19.9 Å². The van der Waals surface area contributed by atoms with E-state index >= 15 is 0 Å². The van der Waals surface area contributed by atoms with Crippen molar-refractivity contribution in [2.75, 3.05) is 5.32 Å². The molecule has 2 aromatic rings. The molecule has 0 radical (unpaired) electrons. The molecule has 2 rings (SSSR count). The molecule has 5 nitrogen and oxygen atoms in total. The van der Waals surface area contributed by atoms with Crippen LogP contribution in [0, 0.1) is 6.92 Å². The lowest BCUT2D eigenvalue weighted by atomic mass is 10.3. The van der Waals surface area contributed by atoms with Crippen LogP contribution in [0.5, 0.6) is 0 Å². The first-order valence-electron chi connectivity index (χ1n) is 5.45. The van der Waals surface area contributed by atoms with Gasteiger partial charge in [-0.1, -0.05) is 0 Å². The second-order valence-electron chi connectivity index (χ2n) is 3.79. The van der Waals surface area contributed by atoms with Gasteiger partial charge in [0.15, 0.2) is 0 Å². The van der Waals surface area contributed by atoms with Crippen molar-refractivity contribution >= 4 is 18.1 Å². The van der Waals surface area contributed by atoms with Gasteiger partial charge in [0.05, 0.1) is 23.6 Å². The molecule has 0 unspecified atom stereocenters. The Bertz CT molecular complexity index is 474. The number of rotatable bonds is 4. The Morgan fingerprint density at radius 2 is 2.18 bits per heavy atom. The van der Waals surface area contributed by atoms with Gasteiger partial charge in [0, 0.05) is 26.0 Å². The Kier molecular flexibility index (Phi) is 4.57. The zero-order valence-electron chi connectivity index (χ0n) is 10.3. The van der Waals surface area contributed by atoms with E-state index in [1.165, 1.54) is 5.69 Å². The second kappa shape index (κ2) is 5.72. The van der Waals surface area contributed by atoms with Crippen molar-refractivity contribution < 1.29 is 0 Å². The van der Waals surface area contributed by atoms with Gasteiger partial charge in [0.1, 0.15) is 0 Å². The van der Waals surface area contributed by atoms with Crippen LogP contribution in [0.2, 0.25) is 0 Å². The molecule has 0 amide bonds. The number of nitrogens with one attached hydrogen (secondary N) is 1. The number of hydrogen-bond donors (Lipinski definition) is 1. The highest BCUT2D eigenvalue weighted by Crippen LogP contribution is 2.12. The van der Waals surface area contributed by atoms with Crippen LogP contribution < -0.4 is 5.32 Å². The van der Waals surface area contributed by atoms with Crippen molar-refractivity contribution in [3.63, 3.8) is 0 Å². The zero-order valence-corrected chi connectivity index (χ0v) is 11.2. The first-order valence-corrected chi connectivity index (χ1v) is 5.45. The van der Waals surface area contributed by atoms with E-state index in [0.29, 0.717) is 0 Å². The Hall–Kier alpha value is -1.49. The minimum atomic E-state index is 0. The Morgan fingerprint density at radius 1 is 1.41 bits per heavy atom. The molecule has 0 spiro atoms. The zero-order chi connectivity index (χ0) is 11.5. The molecular formula is C11H18ClN5. The summed E-state index contributed by atoms with van der Waals surface area (Å²) in [7, 11) is 1.93. The van der Waals surface area contributed by atoms with Gasteiger partial charge in [-0.15, -0.1) is 12.4 Å². The van der Waals surface area contributed by atoms with E-state index in [0.717, 1.165) is 24.5 Å². The van der Waals surface area contributed by atoms with Gasteiger partial charge < -0.3 is 5.32 Å². The molecule has 0 aliphatic carbocycles. The molecule has 0 bridgehead atoms. The molecule has 0 fully saturated rings. The van der Waals surface area contributed by atoms with Crippen molar-refractivity contribution in [1.29, 1.82) is 0 Å². The summed E-state index contributed by atoms with van der Waals surface area (Å²) in [5, 5.41) is 11.9.